The predicted octanol–water partition coefficient (Wildman–Crippen LogP) is 0.917. The minimum Gasteiger partial charge on any atom is -0.508 e. The van der Waals surface area contributed by atoms with Gasteiger partial charge in [0.05, 0.1) is 0 Å². The molecule has 1 atom stereocenters. The van der Waals surface area contributed by atoms with Gasteiger partial charge in [0, 0.05) is 12.1 Å². The number of carboxylic acids is 1. The first-order chi connectivity index (χ1) is 9.49. The number of phenols is 1. The Labute approximate surface area is 118 Å². The van der Waals surface area contributed by atoms with Crippen LogP contribution in [0.4, 0.5) is 0 Å². The molecule has 0 aliphatic heterocycles. The fourth-order valence-electron chi connectivity index (χ4n) is 1.94. The fourth-order valence-corrected chi connectivity index (χ4v) is 1.94. The van der Waals surface area contributed by atoms with Gasteiger partial charge in [0.15, 0.2) is 0 Å². The molecule has 1 rings (SSSR count). The third kappa shape index (κ3) is 4.24. The molecule has 0 aliphatic rings. The summed E-state index contributed by atoms with van der Waals surface area (Å²) in [6.07, 6.45) is 0. The number of hydrogen-bond acceptors (Lipinski definition) is 4. The third-order valence-electron chi connectivity index (χ3n) is 3.12. The van der Waals surface area contributed by atoms with Gasteiger partial charge < -0.3 is 15.5 Å². The molecule has 6 heteroatoms. The van der Waals surface area contributed by atoms with Crippen LogP contribution in [0.5, 0.6) is 5.75 Å². The number of carbonyl (C=O) groups excluding carboxylic acids is 1. The minimum absolute atomic E-state index is 0.0384. The van der Waals surface area contributed by atoms with Crippen LogP contribution in [0.2, 0.25) is 0 Å². The van der Waals surface area contributed by atoms with Gasteiger partial charge in [-0.1, -0.05) is 13.8 Å². The van der Waals surface area contributed by atoms with Gasteiger partial charge in [0.25, 0.3) is 5.91 Å². The second kappa shape index (κ2) is 7.49. The highest BCUT2D eigenvalue weighted by Crippen LogP contribution is 2.09. The van der Waals surface area contributed by atoms with Crippen LogP contribution in [0.3, 0.4) is 0 Å². The average molecular weight is 280 g/mol. The van der Waals surface area contributed by atoms with Crippen molar-refractivity contribution in [1.29, 1.82) is 0 Å². The first-order valence-corrected chi connectivity index (χ1v) is 6.53. The topological polar surface area (TPSA) is 89.9 Å². The molecule has 0 spiro atoms. The molecule has 0 saturated carbocycles. The molecule has 1 amide bonds. The molecule has 20 heavy (non-hydrogen) atoms. The van der Waals surface area contributed by atoms with Gasteiger partial charge in [0.2, 0.25) is 0 Å². The number of aromatic hydroxyl groups is 1. The number of hydrogen-bond donors (Lipinski definition) is 3. The normalized spacial score (nSPS) is 12.2. The Hall–Kier alpha value is -2.08. The number of aliphatic carboxylic acids is 1. The van der Waals surface area contributed by atoms with E-state index in [1.165, 1.54) is 24.3 Å². The number of rotatable bonds is 7. The lowest BCUT2D eigenvalue weighted by Gasteiger charge is -2.26. The van der Waals surface area contributed by atoms with E-state index >= 15 is 0 Å². The highest BCUT2D eigenvalue weighted by molar-refractivity contribution is 5.94. The highest BCUT2D eigenvalue weighted by atomic mass is 16.4. The lowest BCUT2D eigenvalue weighted by molar-refractivity contribution is -0.142. The molecule has 110 valence electrons. The molecule has 0 aromatic heterocycles. The molecule has 6 nitrogen and oxygen atoms in total. The van der Waals surface area contributed by atoms with Crippen molar-refractivity contribution in [1.82, 2.24) is 10.2 Å². The van der Waals surface area contributed by atoms with Crippen LogP contribution in [-0.4, -0.2) is 52.7 Å². The van der Waals surface area contributed by atoms with Gasteiger partial charge in [-0.3, -0.25) is 14.5 Å². The third-order valence-corrected chi connectivity index (χ3v) is 3.12. The van der Waals surface area contributed by atoms with E-state index in [9.17, 15) is 14.7 Å². The maximum Gasteiger partial charge on any atom is 0.322 e. The summed E-state index contributed by atoms with van der Waals surface area (Å²) in [5, 5.41) is 21.0. The van der Waals surface area contributed by atoms with E-state index in [4.69, 9.17) is 5.11 Å². The number of carbonyl (C=O) groups is 2. The summed E-state index contributed by atoms with van der Waals surface area (Å²) in [5.41, 5.74) is 0.381. The summed E-state index contributed by atoms with van der Waals surface area (Å²) >= 11 is 0. The van der Waals surface area contributed by atoms with Crippen molar-refractivity contribution in [3.05, 3.63) is 29.8 Å². The molecule has 0 unspecified atom stereocenters. The van der Waals surface area contributed by atoms with Crippen LogP contribution >= 0.6 is 0 Å². The summed E-state index contributed by atoms with van der Waals surface area (Å²) in [4.78, 5) is 24.9. The largest absolute Gasteiger partial charge is 0.508 e. The Kier molecular flexibility index (Phi) is 5.99. The van der Waals surface area contributed by atoms with Crippen molar-refractivity contribution < 1.29 is 19.8 Å². The lowest BCUT2D eigenvalue weighted by Crippen LogP contribution is -2.48. The molecule has 0 bridgehead atoms. The Balaban J connectivity index is 2.65. The first kappa shape index (κ1) is 16.0. The molecule has 3 N–H and O–H groups in total. The van der Waals surface area contributed by atoms with Crippen LogP contribution in [0.1, 0.15) is 24.2 Å². The van der Waals surface area contributed by atoms with E-state index in [1.807, 2.05) is 13.8 Å². The SMILES string of the molecule is CCN(CC)[C@@H](CNC(=O)c1ccc(O)cc1)C(=O)O. The maximum atomic E-state index is 11.9. The van der Waals surface area contributed by atoms with Crippen LogP contribution in [0.25, 0.3) is 0 Å². The number of phenolic OH excluding ortho intramolecular Hbond substituents is 1. The summed E-state index contributed by atoms with van der Waals surface area (Å²) in [6, 6.07) is 5.04. The van der Waals surface area contributed by atoms with Crippen molar-refractivity contribution in [2.75, 3.05) is 19.6 Å². The lowest BCUT2D eigenvalue weighted by atomic mass is 10.2. The van der Waals surface area contributed by atoms with Crippen LogP contribution in [0, 0.1) is 0 Å². The van der Waals surface area contributed by atoms with Gasteiger partial charge in [-0.2, -0.15) is 0 Å². The number of amides is 1. The van der Waals surface area contributed by atoms with Crippen molar-refractivity contribution in [3.8, 4) is 5.75 Å². The van der Waals surface area contributed by atoms with Gasteiger partial charge in [-0.25, -0.2) is 0 Å². The van der Waals surface area contributed by atoms with Crippen molar-refractivity contribution in [3.63, 3.8) is 0 Å². The molecule has 0 saturated heterocycles. The highest BCUT2D eigenvalue weighted by Gasteiger charge is 2.23. The summed E-state index contributed by atoms with van der Waals surface area (Å²) in [6.45, 7) is 4.99. The van der Waals surface area contributed by atoms with Gasteiger partial charge in [-0.05, 0) is 37.4 Å². The Morgan fingerprint density at radius 3 is 2.20 bits per heavy atom. The quantitative estimate of drug-likeness (QED) is 0.691. The first-order valence-electron chi connectivity index (χ1n) is 6.53. The number of nitrogens with zero attached hydrogens (tertiary/aromatic N) is 1. The molecular formula is C14H20N2O4. The van der Waals surface area contributed by atoms with Crippen molar-refractivity contribution >= 4 is 11.9 Å². The Morgan fingerprint density at radius 1 is 1.20 bits per heavy atom. The second-order valence-electron chi connectivity index (χ2n) is 4.33. The number of benzene rings is 1. The summed E-state index contributed by atoms with van der Waals surface area (Å²) in [5.74, 6) is -1.24. The van der Waals surface area contributed by atoms with Crippen molar-refractivity contribution in [2.24, 2.45) is 0 Å². The summed E-state index contributed by atoms with van der Waals surface area (Å²) < 4.78 is 0. The predicted molar refractivity (Wildman–Crippen MR) is 74.8 cm³/mol. The van der Waals surface area contributed by atoms with Crippen LogP contribution in [-0.2, 0) is 4.79 Å². The molecule has 0 heterocycles. The zero-order valence-electron chi connectivity index (χ0n) is 11.7. The second-order valence-corrected chi connectivity index (χ2v) is 4.33. The Morgan fingerprint density at radius 2 is 1.75 bits per heavy atom. The van der Waals surface area contributed by atoms with E-state index in [0.717, 1.165) is 0 Å². The fraction of sp³-hybridized carbons (Fsp3) is 0.429. The van der Waals surface area contributed by atoms with Gasteiger partial charge in [0.1, 0.15) is 11.8 Å². The molecular weight excluding hydrogens is 260 g/mol. The van der Waals surface area contributed by atoms with Crippen molar-refractivity contribution in [2.45, 2.75) is 19.9 Å². The summed E-state index contributed by atoms with van der Waals surface area (Å²) in [7, 11) is 0. The number of carboxylic acid groups (broad SMARTS) is 1. The zero-order chi connectivity index (χ0) is 15.1. The van der Waals surface area contributed by atoms with E-state index < -0.39 is 12.0 Å². The maximum absolute atomic E-state index is 11.9. The van der Waals surface area contributed by atoms with E-state index in [-0.39, 0.29) is 18.2 Å². The smallest absolute Gasteiger partial charge is 0.322 e. The van der Waals surface area contributed by atoms with Gasteiger partial charge in [-0.15, -0.1) is 0 Å². The number of likely N-dealkylation sites (N-methyl/N-ethyl adjacent to an activating group) is 1. The Bertz CT molecular complexity index is 455. The number of nitrogens with one attached hydrogen (secondary N) is 1. The molecule has 0 fully saturated rings. The van der Waals surface area contributed by atoms with Gasteiger partial charge >= 0.3 is 5.97 Å². The molecule has 1 aromatic carbocycles. The van der Waals surface area contributed by atoms with E-state index in [0.29, 0.717) is 18.7 Å². The monoisotopic (exact) mass is 280 g/mol. The molecule has 0 aliphatic carbocycles. The molecule has 1 aromatic rings. The zero-order valence-corrected chi connectivity index (χ0v) is 11.7. The van der Waals surface area contributed by atoms with Crippen LogP contribution in [0.15, 0.2) is 24.3 Å². The minimum atomic E-state index is -0.959. The molecule has 0 radical (unpaired) electrons. The van der Waals surface area contributed by atoms with Crippen LogP contribution < -0.4 is 5.32 Å². The van der Waals surface area contributed by atoms with E-state index in [1.54, 1.807) is 4.90 Å². The average Bonchev–Trinajstić information content (AvgIpc) is 2.43. The standard InChI is InChI=1S/C14H20N2O4/c1-3-16(4-2)12(14(19)20)9-15-13(18)10-5-7-11(17)8-6-10/h5-8,12,17H,3-4,9H2,1-2H3,(H,15,18)(H,19,20)/t12-/m0/s1. The van der Waals surface area contributed by atoms with E-state index in [2.05, 4.69) is 5.32 Å².